The van der Waals surface area contributed by atoms with E-state index in [1.165, 1.54) is 6.92 Å². The molecule has 0 saturated carbocycles. The van der Waals surface area contributed by atoms with E-state index in [9.17, 15) is 49.8 Å². The predicted octanol–water partition coefficient (Wildman–Crippen LogP) is -0.721. The summed E-state index contributed by atoms with van der Waals surface area (Å²) < 4.78 is 10.7. The number of fused-ring (bicyclic) bond motifs is 2. The van der Waals surface area contributed by atoms with Gasteiger partial charge < -0.3 is 45.4 Å². The molecule has 7 unspecified atom stereocenters. The van der Waals surface area contributed by atoms with Crippen LogP contribution in [0.3, 0.4) is 0 Å². The van der Waals surface area contributed by atoms with Crippen molar-refractivity contribution in [2.75, 3.05) is 6.54 Å². The highest BCUT2D eigenvalue weighted by Crippen LogP contribution is 2.54. The number of carbonyl (C=O) groups is 4. The van der Waals surface area contributed by atoms with Crippen molar-refractivity contribution in [2.45, 2.75) is 68.4 Å². The molecule has 1 aromatic carbocycles. The first-order valence-corrected chi connectivity index (χ1v) is 11.8. The minimum Gasteiger partial charge on any atom is -0.479 e. The number of carbonyl (C=O) groups excluding carboxylic acids is 1. The van der Waals surface area contributed by atoms with Crippen LogP contribution in [0, 0.1) is 5.92 Å². The van der Waals surface area contributed by atoms with Crippen LogP contribution < -0.4 is 5.32 Å². The van der Waals surface area contributed by atoms with E-state index in [0.29, 0.717) is 12.0 Å². The Morgan fingerprint density at radius 1 is 1.05 bits per heavy atom. The van der Waals surface area contributed by atoms with Crippen LogP contribution >= 0.6 is 0 Å². The van der Waals surface area contributed by atoms with Crippen molar-refractivity contribution in [1.29, 1.82) is 0 Å². The van der Waals surface area contributed by atoms with E-state index in [-0.39, 0.29) is 24.8 Å². The van der Waals surface area contributed by atoms with Crippen molar-refractivity contribution < 1.29 is 59.3 Å². The summed E-state index contributed by atoms with van der Waals surface area (Å²) in [6, 6.07) is 9.54. The molecule has 1 aromatic rings. The van der Waals surface area contributed by atoms with E-state index in [0.717, 1.165) is 5.56 Å². The molecule has 0 spiro atoms. The molecule has 13 nitrogen and oxygen atoms in total. The zero-order valence-electron chi connectivity index (χ0n) is 20.7. The lowest BCUT2D eigenvalue weighted by Crippen LogP contribution is -2.77. The van der Waals surface area contributed by atoms with Crippen molar-refractivity contribution >= 4 is 23.8 Å². The number of rotatable bonds is 11. The fourth-order valence-electron chi connectivity index (χ4n) is 5.07. The Hall–Kier alpha value is -3.36. The van der Waals surface area contributed by atoms with Gasteiger partial charge in [-0.2, -0.15) is 0 Å². The van der Waals surface area contributed by atoms with Gasteiger partial charge in [0.2, 0.25) is 23.2 Å². The second-order valence-corrected chi connectivity index (χ2v) is 9.65. The first-order valence-electron chi connectivity index (χ1n) is 11.8. The number of ether oxygens (including phenoxy) is 2. The van der Waals surface area contributed by atoms with Gasteiger partial charge in [-0.1, -0.05) is 48.9 Å². The van der Waals surface area contributed by atoms with E-state index < -0.39 is 59.6 Å². The number of hydrogen-bond donors (Lipinski definition) is 7. The molecule has 1 amide bonds. The monoisotopic (exact) mass is 537 g/mol. The molecule has 0 radical (unpaired) electrons. The molecule has 2 bridgehead atoms. The van der Waals surface area contributed by atoms with Crippen LogP contribution in [0.1, 0.15) is 32.3 Å². The number of carboxylic acid groups (broad SMARTS) is 3. The number of benzene rings is 1. The average Bonchev–Trinajstić information content (AvgIpc) is 3.04. The SMILES string of the molecule is CC(=O)NCC(=CC(C)Cc1ccccc1)CCC12OC(C(=O)O)C(O)(C(=O)O)C(C(=O)O)(O1)C(O)C2O. The molecule has 2 saturated heterocycles. The summed E-state index contributed by atoms with van der Waals surface area (Å²) in [5, 5.41) is 64.0. The number of aliphatic carboxylic acids is 3. The second kappa shape index (κ2) is 10.8. The van der Waals surface area contributed by atoms with Gasteiger partial charge in [0, 0.05) is 19.9 Å². The van der Waals surface area contributed by atoms with Crippen LogP contribution in [0.25, 0.3) is 0 Å². The number of aliphatic hydroxyl groups is 3. The van der Waals surface area contributed by atoms with E-state index in [4.69, 9.17) is 9.47 Å². The molecule has 13 heteroatoms. The fraction of sp³-hybridized carbons (Fsp3) is 0.520. The quantitative estimate of drug-likeness (QED) is 0.174. The van der Waals surface area contributed by atoms with Gasteiger partial charge in [-0.05, 0) is 24.3 Å². The van der Waals surface area contributed by atoms with Gasteiger partial charge in [-0.15, -0.1) is 0 Å². The number of allylic oxidation sites excluding steroid dienone is 1. The lowest BCUT2D eigenvalue weighted by Gasteiger charge is -2.48. The van der Waals surface area contributed by atoms with Crippen molar-refractivity contribution in [2.24, 2.45) is 5.92 Å². The number of amides is 1. The lowest BCUT2D eigenvalue weighted by molar-refractivity contribution is -0.373. The zero-order chi connectivity index (χ0) is 28.5. The molecule has 0 aromatic heterocycles. The predicted molar refractivity (Wildman–Crippen MR) is 127 cm³/mol. The molecule has 2 heterocycles. The molecule has 3 rings (SSSR count). The van der Waals surface area contributed by atoms with Gasteiger partial charge in [-0.25, -0.2) is 14.4 Å². The van der Waals surface area contributed by atoms with E-state index in [1.54, 1.807) is 0 Å². The number of aliphatic hydroxyl groups excluding tert-OH is 2. The topological polar surface area (TPSA) is 220 Å². The van der Waals surface area contributed by atoms with Crippen molar-refractivity contribution in [1.82, 2.24) is 5.32 Å². The molecular weight excluding hydrogens is 506 g/mol. The maximum absolute atomic E-state index is 12.2. The van der Waals surface area contributed by atoms with Crippen LogP contribution in [0.4, 0.5) is 0 Å². The normalized spacial score (nSPS) is 33.4. The first-order chi connectivity index (χ1) is 17.7. The maximum atomic E-state index is 12.2. The molecule has 38 heavy (non-hydrogen) atoms. The Morgan fingerprint density at radius 2 is 1.68 bits per heavy atom. The van der Waals surface area contributed by atoms with E-state index in [1.807, 2.05) is 43.3 Å². The summed E-state index contributed by atoms with van der Waals surface area (Å²) in [6.45, 7) is 3.28. The van der Waals surface area contributed by atoms with Gasteiger partial charge in [0.15, 0.2) is 5.79 Å². The Kier molecular flexibility index (Phi) is 8.29. The van der Waals surface area contributed by atoms with Crippen LogP contribution in [0.15, 0.2) is 42.0 Å². The van der Waals surface area contributed by atoms with Gasteiger partial charge in [0.1, 0.15) is 12.2 Å². The summed E-state index contributed by atoms with van der Waals surface area (Å²) >= 11 is 0. The molecule has 7 atom stereocenters. The third-order valence-corrected chi connectivity index (χ3v) is 6.91. The van der Waals surface area contributed by atoms with Crippen molar-refractivity contribution in [3.8, 4) is 0 Å². The van der Waals surface area contributed by atoms with Crippen LogP contribution in [0.2, 0.25) is 0 Å². The van der Waals surface area contributed by atoms with Gasteiger partial charge in [0.25, 0.3) is 0 Å². The minimum absolute atomic E-state index is 0.0449. The maximum Gasteiger partial charge on any atom is 0.343 e. The molecule has 2 fully saturated rings. The standard InChI is InChI=1S/C25H31NO12/c1-13(10-15-6-4-3-5-7-15)11-16(12-26-14(2)27)8-9-23-17(28)18(29)25(38-23,22(34)35)24(36,21(32)33)19(37-23)20(30)31/h3-7,11,13,17-19,28-29,36H,8-10,12H2,1-2H3,(H,26,27)(H,30,31)(H,32,33)(H,34,35). The van der Waals surface area contributed by atoms with Crippen LogP contribution in [-0.4, -0.2) is 96.3 Å². The lowest BCUT2D eigenvalue weighted by atomic mass is 9.74. The highest BCUT2D eigenvalue weighted by atomic mass is 16.8. The molecule has 208 valence electrons. The van der Waals surface area contributed by atoms with Crippen LogP contribution in [0.5, 0.6) is 0 Å². The summed E-state index contributed by atoms with van der Waals surface area (Å²) in [4.78, 5) is 47.7. The van der Waals surface area contributed by atoms with Gasteiger partial charge in [0.05, 0.1) is 0 Å². The number of hydrogen-bond acceptors (Lipinski definition) is 9. The number of nitrogens with one attached hydrogen (secondary N) is 1. The fourth-order valence-corrected chi connectivity index (χ4v) is 5.07. The Balaban J connectivity index is 1.96. The Labute approximate surface area is 217 Å². The summed E-state index contributed by atoms with van der Waals surface area (Å²) in [6.07, 6.45) is -5.52. The average molecular weight is 538 g/mol. The molecule has 2 aliphatic heterocycles. The third-order valence-electron chi connectivity index (χ3n) is 6.91. The highest BCUT2D eigenvalue weighted by molar-refractivity contribution is 5.97. The highest BCUT2D eigenvalue weighted by Gasteiger charge is 2.84. The van der Waals surface area contributed by atoms with E-state index in [2.05, 4.69) is 5.32 Å². The molecule has 2 aliphatic rings. The molecular formula is C25H31NO12. The zero-order valence-corrected chi connectivity index (χ0v) is 20.7. The number of carboxylic acids is 3. The summed E-state index contributed by atoms with van der Waals surface area (Å²) in [7, 11) is 0. The second-order valence-electron chi connectivity index (χ2n) is 9.65. The van der Waals surface area contributed by atoms with Crippen molar-refractivity contribution in [3.05, 3.63) is 47.5 Å². The summed E-state index contributed by atoms with van der Waals surface area (Å²) in [5.74, 6) is -9.46. The smallest absolute Gasteiger partial charge is 0.343 e. The largest absolute Gasteiger partial charge is 0.479 e. The first kappa shape index (κ1) is 29.2. The molecule has 7 N–H and O–H groups in total. The molecule has 0 aliphatic carbocycles. The van der Waals surface area contributed by atoms with Crippen molar-refractivity contribution in [3.63, 3.8) is 0 Å². The van der Waals surface area contributed by atoms with E-state index >= 15 is 0 Å². The minimum atomic E-state index is -3.79. The van der Waals surface area contributed by atoms with Crippen LogP contribution in [-0.2, 0) is 35.1 Å². The Bertz CT molecular complexity index is 1120. The summed E-state index contributed by atoms with van der Waals surface area (Å²) in [5.41, 5.74) is -5.61. The van der Waals surface area contributed by atoms with Gasteiger partial charge in [-0.3, -0.25) is 4.79 Å². The Morgan fingerprint density at radius 3 is 2.21 bits per heavy atom. The van der Waals surface area contributed by atoms with Gasteiger partial charge >= 0.3 is 17.9 Å². The third kappa shape index (κ3) is 4.90.